The second-order valence-electron chi connectivity index (χ2n) is 6.39. The Hall–Kier alpha value is -2.28. The predicted octanol–water partition coefficient (Wildman–Crippen LogP) is 4.36. The summed E-state index contributed by atoms with van der Waals surface area (Å²) in [5.74, 6) is 1.22. The lowest BCUT2D eigenvalue weighted by Gasteiger charge is -2.15. The molecule has 1 aliphatic carbocycles. The molecule has 6 nitrogen and oxygen atoms in total. The highest BCUT2D eigenvalue weighted by molar-refractivity contribution is 7.14. The number of benzene rings is 1. The van der Waals surface area contributed by atoms with Gasteiger partial charge >= 0.3 is 0 Å². The molecule has 140 valence electrons. The second kappa shape index (κ2) is 8.89. The van der Waals surface area contributed by atoms with E-state index in [1.165, 1.54) is 37.0 Å². The van der Waals surface area contributed by atoms with Gasteiger partial charge in [0, 0.05) is 23.2 Å². The highest BCUT2D eigenvalue weighted by Crippen LogP contribution is 2.31. The van der Waals surface area contributed by atoms with Crippen molar-refractivity contribution in [3.8, 4) is 11.5 Å². The molecule has 2 aromatic rings. The van der Waals surface area contributed by atoms with Crippen molar-refractivity contribution in [1.82, 2.24) is 10.3 Å². The minimum atomic E-state index is -0.0893. The molecule has 1 amide bonds. The van der Waals surface area contributed by atoms with E-state index in [4.69, 9.17) is 9.47 Å². The van der Waals surface area contributed by atoms with Crippen LogP contribution in [0, 0.1) is 0 Å². The van der Waals surface area contributed by atoms with E-state index in [0.29, 0.717) is 22.3 Å². The quantitative estimate of drug-likeness (QED) is 0.734. The molecule has 1 aromatic heterocycles. The van der Waals surface area contributed by atoms with Crippen LogP contribution in [0.25, 0.3) is 0 Å². The van der Waals surface area contributed by atoms with Crippen LogP contribution in [0.1, 0.15) is 49.0 Å². The zero-order valence-corrected chi connectivity index (χ0v) is 16.0. The molecule has 0 spiro atoms. The van der Waals surface area contributed by atoms with Gasteiger partial charge in [0.2, 0.25) is 0 Å². The maximum Gasteiger partial charge on any atom is 0.271 e. The van der Waals surface area contributed by atoms with Crippen molar-refractivity contribution in [1.29, 1.82) is 0 Å². The summed E-state index contributed by atoms with van der Waals surface area (Å²) in [5, 5.41) is 8.79. The largest absolute Gasteiger partial charge is 0.493 e. The topological polar surface area (TPSA) is 72.5 Å². The molecule has 0 atom stereocenters. The Morgan fingerprint density at radius 1 is 1.12 bits per heavy atom. The van der Waals surface area contributed by atoms with Gasteiger partial charge in [-0.25, -0.2) is 4.98 Å². The minimum absolute atomic E-state index is 0.0893. The molecule has 1 fully saturated rings. The molecule has 0 aliphatic heterocycles. The molecule has 7 heteroatoms. The van der Waals surface area contributed by atoms with Crippen LogP contribution in [-0.4, -0.2) is 31.2 Å². The number of carbonyl (C=O) groups excluding carboxylic acids is 1. The SMILES string of the molecule is COc1ccc(Nc2nc(C(=O)NC3CCCCCC3)cs2)cc1OC. The molecule has 26 heavy (non-hydrogen) atoms. The summed E-state index contributed by atoms with van der Waals surface area (Å²) in [6, 6.07) is 5.82. The summed E-state index contributed by atoms with van der Waals surface area (Å²) in [7, 11) is 3.20. The van der Waals surface area contributed by atoms with Gasteiger partial charge in [-0.3, -0.25) is 4.79 Å². The number of carbonyl (C=O) groups is 1. The number of aromatic nitrogens is 1. The first-order valence-electron chi connectivity index (χ1n) is 8.95. The van der Waals surface area contributed by atoms with E-state index in [-0.39, 0.29) is 11.9 Å². The van der Waals surface area contributed by atoms with Gasteiger partial charge in [-0.05, 0) is 25.0 Å². The van der Waals surface area contributed by atoms with Gasteiger partial charge in [0.05, 0.1) is 14.2 Å². The molecule has 0 radical (unpaired) electrons. The molecule has 0 saturated heterocycles. The van der Waals surface area contributed by atoms with Crippen molar-refractivity contribution in [3.05, 3.63) is 29.3 Å². The Kier molecular flexibility index (Phi) is 6.33. The Balaban J connectivity index is 1.63. The fraction of sp³-hybridized carbons (Fsp3) is 0.474. The van der Waals surface area contributed by atoms with Crippen LogP contribution in [0.5, 0.6) is 11.5 Å². The van der Waals surface area contributed by atoms with Crippen molar-refractivity contribution < 1.29 is 14.3 Å². The number of rotatable bonds is 6. The Labute approximate surface area is 157 Å². The molecule has 0 bridgehead atoms. The summed E-state index contributed by atoms with van der Waals surface area (Å²) in [6.45, 7) is 0. The lowest BCUT2D eigenvalue weighted by atomic mass is 10.1. The first-order chi connectivity index (χ1) is 12.7. The molecule has 1 saturated carbocycles. The van der Waals surface area contributed by atoms with Gasteiger partial charge in [-0.15, -0.1) is 11.3 Å². The number of nitrogens with zero attached hydrogens (tertiary/aromatic N) is 1. The van der Waals surface area contributed by atoms with Crippen molar-refractivity contribution in [2.45, 2.75) is 44.6 Å². The smallest absolute Gasteiger partial charge is 0.271 e. The van der Waals surface area contributed by atoms with Crippen molar-refractivity contribution >= 4 is 28.1 Å². The fourth-order valence-electron chi connectivity index (χ4n) is 3.16. The van der Waals surface area contributed by atoms with E-state index in [2.05, 4.69) is 15.6 Å². The van der Waals surface area contributed by atoms with E-state index in [1.54, 1.807) is 19.6 Å². The highest BCUT2D eigenvalue weighted by Gasteiger charge is 2.18. The predicted molar refractivity (Wildman–Crippen MR) is 104 cm³/mol. The number of amides is 1. The maximum atomic E-state index is 12.4. The molecule has 3 rings (SSSR count). The van der Waals surface area contributed by atoms with Crippen LogP contribution < -0.4 is 20.1 Å². The Morgan fingerprint density at radius 3 is 2.54 bits per heavy atom. The number of hydrogen-bond acceptors (Lipinski definition) is 6. The third-order valence-electron chi connectivity index (χ3n) is 4.56. The number of methoxy groups -OCH3 is 2. The Bertz CT molecular complexity index is 739. The average molecular weight is 375 g/mol. The fourth-order valence-corrected chi connectivity index (χ4v) is 3.87. The second-order valence-corrected chi connectivity index (χ2v) is 7.25. The highest BCUT2D eigenvalue weighted by atomic mass is 32.1. The van der Waals surface area contributed by atoms with E-state index in [9.17, 15) is 4.79 Å². The normalized spacial score (nSPS) is 15.2. The molecule has 1 heterocycles. The molecule has 2 N–H and O–H groups in total. The van der Waals surface area contributed by atoms with Crippen LogP contribution in [0.15, 0.2) is 23.6 Å². The summed E-state index contributed by atoms with van der Waals surface area (Å²) >= 11 is 1.41. The van der Waals surface area contributed by atoms with Crippen LogP contribution in [-0.2, 0) is 0 Å². The zero-order valence-electron chi connectivity index (χ0n) is 15.2. The van der Waals surface area contributed by atoms with Crippen molar-refractivity contribution in [2.75, 3.05) is 19.5 Å². The van der Waals surface area contributed by atoms with Gasteiger partial charge < -0.3 is 20.1 Å². The maximum absolute atomic E-state index is 12.4. The summed E-state index contributed by atoms with van der Waals surface area (Å²) in [6.07, 6.45) is 7.03. The minimum Gasteiger partial charge on any atom is -0.493 e. The summed E-state index contributed by atoms with van der Waals surface area (Å²) in [5.41, 5.74) is 1.29. The molecular formula is C19H25N3O3S. The third-order valence-corrected chi connectivity index (χ3v) is 5.32. The van der Waals surface area contributed by atoms with Crippen LogP contribution in [0.4, 0.5) is 10.8 Å². The molecule has 0 unspecified atom stereocenters. The summed E-state index contributed by atoms with van der Waals surface area (Å²) in [4.78, 5) is 16.9. The van der Waals surface area contributed by atoms with Gasteiger partial charge in [0.15, 0.2) is 16.6 Å². The lowest BCUT2D eigenvalue weighted by molar-refractivity contribution is 0.0929. The van der Waals surface area contributed by atoms with Gasteiger partial charge in [-0.1, -0.05) is 25.7 Å². The average Bonchev–Trinajstić information content (AvgIpc) is 2.97. The number of thiazole rings is 1. The molecular weight excluding hydrogens is 350 g/mol. The number of ether oxygens (including phenoxy) is 2. The molecule has 1 aliphatic rings. The Morgan fingerprint density at radius 2 is 1.85 bits per heavy atom. The number of hydrogen-bond donors (Lipinski definition) is 2. The van der Waals surface area contributed by atoms with E-state index in [1.807, 2.05) is 18.2 Å². The van der Waals surface area contributed by atoms with Crippen LogP contribution in [0.2, 0.25) is 0 Å². The first kappa shape index (κ1) is 18.5. The van der Waals surface area contributed by atoms with Crippen molar-refractivity contribution in [2.24, 2.45) is 0 Å². The van der Waals surface area contributed by atoms with E-state index < -0.39 is 0 Å². The first-order valence-corrected chi connectivity index (χ1v) is 9.83. The monoisotopic (exact) mass is 375 g/mol. The van der Waals surface area contributed by atoms with Crippen LogP contribution in [0.3, 0.4) is 0 Å². The van der Waals surface area contributed by atoms with Gasteiger partial charge in [-0.2, -0.15) is 0 Å². The number of anilines is 2. The number of nitrogens with one attached hydrogen (secondary N) is 2. The zero-order chi connectivity index (χ0) is 18.4. The van der Waals surface area contributed by atoms with Crippen molar-refractivity contribution in [3.63, 3.8) is 0 Å². The molecule has 1 aromatic carbocycles. The third kappa shape index (κ3) is 4.66. The van der Waals surface area contributed by atoms with E-state index >= 15 is 0 Å². The standard InChI is InChI=1S/C19H25N3O3S/c1-24-16-10-9-14(11-17(16)25-2)21-19-22-15(12-26-19)18(23)20-13-7-5-3-4-6-8-13/h9-13H,3-8H2,1-2H3,(H,20,23)(H,21,22). The summed E-state index contributed by atoms with van der Waals surface area (Å²) < 4.78 is 10.5. The van der Waals surface area contributed by atoms with E-state index in [0.717, 1.165) is 18.5 Å². The van der Waals surface area contributed by atoms with Gasteiger partial charge in [0.25, 0.3) is 5.91 Å². The lowest BCUT2D eigenvalue weighted by Crippen LogP contribution is -2.34. The van der Waals surface area contributed by atoms with Crippen LogP contribution >= 0.6 is 11.3 Å². The van der Waals surface area contributed by atoms with Gasteiger partial charge in [0.1, 0.15) is 5.69 Å².